The van der Waals surface area contributed by atoms with Crippen LogP contribution in [0.5, 0.6) is 0 Å². The third kappa shape index (κ3) is 5.46. The van der Waals surface area contributed by atoms with Gasteiger partial charge in [0.05, 0.1) is 31.1 Å². The number of anilines is 2. The lowest BCUT2D eigenvalue weighted by atomic mass is 10.2. The van der Waals surface area contributed by atoms with E-state index in [1.807, 2.05) is 19.0 Å². The molecule has 2 aliphatic rings. The number of halogens is 1. The molecule has 1 aromatic rings. The summed E-state index contributed by atoms with van der Waals surface area (Å²) in [5.41, 5.74) is 0.878. The van der Waals surface area contributed by atoms with E-state index in [-0.39, 0.29) is 12.2 Å². The molecule has 2 amide bonds. The normalized spacial score (nSPS) is 18.6. The number of nitrogens with zero attached hydrogens (tertiary/aromatic N) is 4. The van der Waals surface area contributed by atoms with E-state index < -0.39 is 11.9 Å². The van der Waals surface area contributed by atoms with Crippen LogP contribution in [0.15, 0.2) is 18.2 Å². The summed E-state index contributed by atoms with van der Waals surface area (Å²) in [6.07, 6.45) is -1.25. The van der Waals surface area contributed by atoms with Gasteiger partial charge in [0.15, 0.2) is 5.11 Å². The topological polar surface area (TPSA) is 77.6 Å². The van der Waals surface area contributed by atoms with Crippen molar-refractivity contribution in [1.29, 1.82) is 0 Å². The summed E-state index contributed by atoms with van der Waals surface area (Å²) >= 11 is 5.17. The van der Waals surface area contributed by atoms with E-state index in [0.717, 1.165) is 0 Å². The molecule has 0 saturated carbocycles. The highest BCUT2D eigenvalue weighted by Crippen LogP contribution is 2.28. The fraction of sp³-hybridized carbons (Fsp3) is 0.550. The van der Waals surface area contributed by atoms with Gasteiger partial charge in [0, 0.05) is 40.3 Å². The Morgan fingerprint density at radius 2 is 2.03 bits per heavy atom. The Morgan fingerprint density at radius 1 is 1.32 bits per heavy atom. The third-order valence-corrected chi connectivity index (χ3v) is 5.66. The Labute approximate surface area is 186 Å². The number of hydrogen-bond acceptors (Lipinski definition) is 6. The molecule has 9 nitrogen and oxygen atoms in total. The Kier molecular flexibility index (Phi) is 7.37. The van der Waals surface area contributed by atoms with E-state index in [4.69, 9.17) is 21.7 Å². The van der Waals surface area contributed by atoms with Gasteiger partial charge in [0.2, 0.25) is 0 Å². The summed E-state index contributed by atoms with van der Waals surface area (Å²) < 4.78 is 25.2. The standard InChI is InChI=1S/C20H28FN5O4S/c1-4-29-19(27)25-9-7-24(8-10-25)17-6-5-14(11-16(17)21)26-13-15(30-20(26)28)12-22-18(31)23(2)3/h5-6,11,15H,4,7-10,12-13H2,1-3H3,(H,22,31)/t15-/m0/s1. The number of benzene rings is 1. The highest BCUT2D eigenvalue weighted by atomic mass is 32.1. The van der Waals surface area contributed by atoms with E-state index in [9.17, 15) is 14.0 Å². The number of ether oxygens (including phenoxy) is 2. The number of piperazine rings is 1. The van der Waals surface area contributed by atoms with Crippen molar-refractivity contribution in [1.82, 2.24) is 15.1 Å². The van der Waals surface area contributed by atoms with E-state index in [1.165, 1.54) is 11.0 Å². The minimum absolute atomic E-state index is 0.304. The third-order valence-electron chi connectivity index (χ3n) is 5.15. The van der Waals surface area contributed by atoms with Crippen LogP contribution >= 0.6 is 12.2 Å². The zero-order chi connectivity index (χ0) is 22.5. The molecule has 0 aromatic heterocycles. The highest BCUT2D eigenvalue weighted by molar-refractivity contribution is 7.80. The molecule has 2 aliphatic heterocycles. The Hall–Kier alpha value is -2.82. The molecule has 3 rings (SSSR count). The quantitative estimate of drug-likeness (QED) is 0.677. The first-order valence-electron chi connectivity index (χ1n) is 10.2. The number of carbonyl (C=O) groups excluding carboxylic acids is 2. The van der Waals surface area contributed by atoms with Crippen LogP contribution in [0.4, 0.5) is 25.4 Å². The van der Waals surface area contributed by atoms with Gasteiger partial charge < -0.3 is 29.5 Å². The maximum Gasteiger partial charge on any atom is 0.414 e. The summed E-state index contributed by atoms with van der Waals surface area (Å²) in [6, 6.07) is 4.71. The summed E-state index contributed by atoms with van der Waals surface area (Å²) in [6.45, 7) is 4.69. The number of cyclic esters (lactones) is 1. The lowest BCUT2D eigenvalue weighted by Gasteiger charge is -2.35. The van der Waals surface area contributed by atoms with Crippen molar-refractivity contribution in [2.75, 3.05) is 69.8 Å². The molecular formula is C20H28FN5O4S. The molecule has 0 spiro atoms. The first-order chi connectivity index (χ1) is 14.8. The van der Waals surface area contributed by atoms with E-state index >= 15 is 0 Å². The SMILES string of the molecule is CCOC(=O)N1CCN(c2ccc(N3C[C@H](CNC(=S)N(C)C)OC3=O)cc2F)CC1. The second-order valence-electron chi connectivity index (χ2n) is 7.51. The van der Waals surface area contributed by atoms with Crippen molar-refractivity contribution in [3.05, 3.63) is 24.0 Å². The number of thiocarbonyl (C=S) groups is 1. The average Bonchev–Trinajstić information content (AvgIpc) is 3.12. The minimum Gasteiger partial charge on any atom is -0.450 e. The van der Waals surface area contributed by atoms with Crippen molar-refractivity contribution in [2.24, 2.45) is 0 Å². The maximum atomic E-state index is 14.9. The predicted octanol–water partition coefficient (Wildman–Crippen LogP) is 1.87. The summed E-state index contributed by atoms with van der Waals surface area (Å²) in [5, 5.41) is 3.58. The minimum atomic E-state index is -0.516. The number of amides is 2. The molecule has 1 N–H and O–H groups in total. The van der Waals surface area contributed by atoms with Crippen LogP contribution in [0.3, 0.4) is 0 Å². The maximum absolute atomic E-state index is 14.9. The van der Waals surface area contributed by atoms with Gasteiger partial charge in [0.1, 0.15) is 11.9 Å². The van der Waals surface area contributed by atoms with Crippen molar-refractivity contribution in [3.8, 4) is 0 Å². The lowest BCUT2D eigenvalue weighted by molar-refractivity contribution is 0.105. The molecular weight excluding hydrogens is 425 g/mol. The zero-order valence-corrected chi connectivity index (χ0v) is 18.8. The summed E-state index contributed by atoms with van der Waals surface area (Å²) in [7, 11) is 3.65. The molecule has 11 heteroatoms. The molecule has 0 bridgehead atoms. The Balaban J connectivity index is 1.59. The van der Waals surface area contributed by atoms with Gasteiger partial charge in [-0.2, -0.15) is 0 Å². The van der Waals surface area contributed by atoms with Crippen LogP contribution in [0.2, 0.25) is 0 Å². The lowest BCUT2D eigenvalue weighted by Crippen LogP contribution is -2.49. The first kappa shape index (κ1) is 22.9. The van der Waals surface area contributed by atoms with Crippen LogP contribution in [0, 0.1) is 5.82 Å². The van der Waals surface area contributed by atoms with Crippen molar-refractivity contribution < 1.29 is 23.5 Å². The molecule has 31 heavy (non-hydrogen) atoms. The average molecular weight is 454 g/mol. The van der Waals surface area contributed by atoms with Crippen LogP contribution < -0.4 is 15.1 Å². The molecule has 0 radical (unpaired) electrons. The van der Waals surface area contributed by atoms with Gasteiger partial charge in [-0.05, 0) is 37.3 Å². The summed E-state index contributed by atoms with van der Waals surface area (Å²) in [4.78, 5) is 30.7. The van der Waals surface area contributed by atoms with E-state index in [0.29, 0.717) is 62.4 Å². The van der Waals surface area contributed by atoms with Gasteiger partial charge in [-0.1, -0.05) is 0 Å². The molecule has 1 aromatic carbocycles. The smallest absolute Gasteiger partial charge is 0.414 e. The summed E-state index contributed by atoms with van der Waals surface area (Å²) in [5.74, 6) is -0.426. The fourth-order valence-corrected chi connectivity index (χ4v) is 3.55. The molecule has 2 fully saturated rings. The second kappa shape index (κ2) is 9.99. The fourth-order valence-electron chi connectivity index (χ4n) is 3.46. The van der Waals surface area contributed by atoms with Gasteiger partial charge >= 0.3 is 12.2 Å². The monoisotopic (exact) mass is 453 g/mol. The Bertz CT molecular complexity index is 832. The van der Waals surface area contributed by atoms with Crippen molar-refractivity contribution in [2.45, 2.75) is 13.0 Å². The van der Waals surface area contributed by atoms with Crippen LogP contribution in [-0.2, 0) is 9.47 Å². The van der Waals surface area contributed by atoms with Gasteiger partial charge in [-0.15, -0.1) is 0 Å². The highest BCUT2D eigenvalue weighted by Gasteiger charge is 2.33. The van der Waals surface area contributed by atoms with Crippen LogP contribution in [-0.4, -0.2) is 93.2 Å². The van der Waals surface area contributed by atoms with Gasteiger partial charge in [-0.3, -0.25) is 4.90 Å². The number of hydrogen-bond donors (Lipinski definition) is 1. The van der Waals surface area contributed by atoms with Crippen molar-refractivity contribution >= 4 is 40.9 Å². The van der Waals surface area contributed by atoms with E-state index in [1.54, 1.807) is 28.9 Å². The molecule has 2 heterocycles. The van der Waals surface area contributed by atoms with E-state index in [2.05, 4.69) is 5.32 Å². The zero-order valence-electron chi connectivity index (χ0n) is 18.0. The molecule has 2 saturated heterocycles. The molecule has 1 atom stereocenters. The number of nitrogens with one attached hydrogen (secondary N) is 1. The van der Waals surface area contributed by atoms with Crippen LogP contribution in [0.25, 0.3) is 0 Å². The predicted molar refractivity (Wildman–Crippen MR) is 119 cm³/mol. The largest absolute Gasteiger partial charge is 0.450 e. The molecule has 0 unspecified atom stereocenters. The first-order valence-corrected chi connectivity index (χ1v) is 10.6. The van der Waals surface area contributed by atoms with Crippen molar-refractivity contribution in [3.63, 3.8) is 0 Å². The number of rotatable bonds is 5. The molecule has 170 valence electrons. The Morgan fingerprint density at radius 3 is 2.65 bits per heavy atom. The van der Waals surface area contributed by atoms with Gasteiger partial charge in [-0.25, -0.2) is 14.0 Å². The molecule has 0 aliphatic carbocycles. The van der Waals surface area contributed by atoms with Gasteiger partial charge in [0.25, 0.3) is 0 Å². The number of carbonyl (C=O) groups is 2. The van der Waals surface area contributed by atoms with Crippen LogP contribution in [0.1, 0.15) is 6.92 Å². The second-order valence-corrected chi connectivity index (χ2v) is 7.89.